The molecule has 2 N–H and O–H groups in total. The van der Waals surface area contributed by atoms with E-state index in [1.165, 1.54) is 12.5 Å². The number of hydrogen-bond donors (Lipinski definition) is 2. The first-order chi connectivity index (χ1) is 12.8. The molecule has 1 saturated heterocycles. The quantitative estimate of drug-likeness (QED) is 0.798. The second kappa shape index (κ2) is 6.45. The number of halogens is 1. The summed E-state index contributed by atoms with van der Waals surface area (Å²) < 4.78 is 44.4. The minimum atomic E-state index is -3.47. The topological polar surface area (TPSA) is 100 Å². The van der Waals surface area contributed by atoms with E-state index in [0.29, 0.717) is 44.2 Å². The van der Waals surface area contributed by atoms with Crippen molar-refractivity contribution >= 4 is 27.3 Å². The number of anilines is 3. The standard InChI is InChI=1S/C17H22FN5O3S/c1-11-10-26-8-7-23(11)14-9-12(17(4-5-17)27(2,24)25)15(18)16(21-14)20-13-3-6-19-22-13/h3,6,9,11H,4-5,7-8,10H2,1-2H3,(H2,19,20,21,22). The zero-order chi connectivity index (χ0) is 19.2. The van der Waals surface area contributed by atoms with Gasteiger partial charge in [0, 0.05) is 24.4 Å². The molecule has 0 aromatic carbocycles. The van der Waals surface area contributed by atoms with Crippen molar-refractivity contribution in [3.05, 3.63) is 29.7 Å². The number of nitrogens with one attached hydrogen (secondary N) is 2. The van der Waals surface area contributed by atoms with Gasteiger partial charge in [0.15, 0.2) is 21.5 Å². The van der Waals surface area contributed by atoms with E-state index < -0.39 is 20.4 Å². The highest BCUT2D eigenvalue weighted by molar-refractivity contribution is 7.92. The summed E-state index contributed by atoms with van der Waals surface area (Å²) in [4.78, 5) is 6.46. The van der Waals surface area contributed by atoms with Crippen molar-refractivity contribution in [2.24, 2.45) is 0 Å². The maximum atomic E-state index is 15.3. The average Bonchev–Trinajstić information content (AvgIpc) is 3.28. The maximum absolute atomic E-state index is 15.3. The predicted octanol–water partition coefficient (Wildman–Crippen LogP) is 1.95. The highest BCUT2D eigenvalue weighted by Crippen LogP contribution is 2.54. The third-order valence-electron chi connectivity index (χ3n) is 5.26. The van der Waals surface area contributed by atoms with Gasteiger partial charge in [-0.2, -0.15) is 5.10 Å². The summed E-state index contributed by atoms with van der Waals surface area (Å²) in [6.07, 6.45) is 3.52. The van der Waals surface area contributed by atoms with Crippen LogP contribution >= 0.6 is 0 Å². The molecule has 146 valence electrons. The van der Waals surface area contributed by atoms with Crippen LogP contribution in [0.1, 0.15) is 25.3 Å². The minimum Gasteiger partial charge on any atom is -0.377 e. The number of hydrogen-bond acceptors (Lipinski definition) is 7. The fourth-order valence-electron chi connectivity index (χ4n) is 3.55. The molecule has 4 rings (SSSR count). The van der Waals surface area contributed by atoms with Gasteiger partial charge in [-0.15, -0.1) is 0 Å². The summed E-state index contributed by atoms with van der Waals surface area (Å²) >= 11 is 0. The normalized spacial score (nSPS) is 21.9. The van der Waals surface area contributed by atoms with E-state index in [2.05, 4.69) is 20.5 Å². The summed E-state index contributed by atoms with van der Waals surface area (Å²) in [5, 5.41) is 9.42. The number of ether oxygens (including phenoxy) is 1. The van der Waals surface area contributed by atoms with E-state index in [0.717, 1.165) is 0 Å². The molecular weight excluding hydrogens is 373 g/mol. The van der Waals surface area contributed by atoms with E-state index in [1.807, 2.05) is 11.8 Å². The van der Waals surface area contributed by atoms with Gasteiger partial charge in [0.25, 0.3) is 0 Å². The number of rotatable bonds is 5. The first-order valence-corrected chi connectivity index (χ1v) is 10.7. The largest absolute Gasteiger partial charge is 0.377 e. The predicted molar refractivity (Wildman–Crippen MR) is 99.4 cm³/mol. The number of aromatic amines is 1. The molecule has 1 aliphatic carbocycles. The Labute approximate surface area is 157 Å². The first-order valence-electron chi connectivity index (χ1n) is 8.83. The third-order valence-corrected chi connectivity index (χ3v) is 7.31. The van der Waals surface area contributed by atoms with E-state index in [-0.39, 0.29) is 17.4 Å². The van der Waals surface area contributed by atoms with Gasteiger partial charge in [-0.3, -0.25) is 5.10 Å². The second-order valence-electron chi connectivity index (χ2n) is 7.17. The van der Waals surface area contributed by atoms with Crippen LogP contribution in [0.25, 0.3) is 0 Å². The van der Waals surface area contributed by atoms with Crippen molar-refractivity contribution in [2.75, 3.05) is 36.2 Å². The lowest BCUT2D eigenvalue weighted by Gasteiger charge is -2.35. The molecule has 0 bridgehead atoms. The maximum Gasteiger partial charge on any atom is 0.170 e. The van der Waals surface area contributed by atoms with Crippen molar-refractivity contribution in [3.8, 4) is 0 Å². The summed E-state index contributed by atoms with van der Waals surface area (Å²) in [6, 6.07) is 3.29. The Hall–Kier alpha value is -2.20. The zero-order valence-corrected chi connectivity index (χ0v) is 16.0. The van der Waals surface area contributed by atoms with Gasteiger partial charge in [0.2, 0.25) is 0 Å². The minimum absolute atomic E-state index is 0.0135. The molecule has 2 fully saturated rings. The lowest BCUT2D eigenvalue weighted by molar-refractivity contribution is 0.0985. The first kappa shape index (κ1) is 18.2. The second-order valence-corrected chi connectivity index (χ2v) is 9.50. The Morgan fingerprint density at radius 2 is 2.22 bits per heavy atom. The smallest absolute Gasteiger partial charge is 0.170 e. The van der Waals surface area contributed by atoms with E-state index in [9.17, 15) is 8.42 Å². The Morgan fingerprint density at radius 1 is 1.44 bits per heavy atom. The Bertz CT molecular complexity index is 944. The molecule has 2 aromatic rings. The molecule has 0 radical (unpaired) electrons. The highest BCUT2D eigenvalue weighted by atomic mass is 32.2. The number of sulfone groups is 1. The van der Waals surface area contributed by atoms with Gasteiger partial charge in [-0.25, -0.2) is 17.8 Å². The van der Waals surface area contributed by atoms with Crippen molar-refractivity contribution in [1.29, 1.82) is 0 Å². The molecule has 3 heterocycles. The number of nitrogens with zero attached hydrogens (tertiary/aromatic N) is 3. The van der Waals surface area contributed by atoms with Crippen molar-refractivity contribution in [2.45, 2.75) is 30.6 Å². The van der Waals surface area contributed by atoms with Gasteiger partial charge < -0.3 is 15.0 Å². The van der Waals surface area contributed by atoms with Crippen LogP contribution < -0.4 is 10.2 Å². The van der Waals surface area contributed by atoms with Crippen LogP contribution in [-0.2, 0) is 19.3 Å². The van der Waals surface area contributed by atoms with Gasteiger partial charge >= 0.3 is 0 Å². The third kappa shape index (κ3) is 3.16. The lowest BCUT2D eigenvalue weighted by Crippen LogP contribution is -2.44. The van der Waals surface area contributed by atoms with Crippen LogP contribution in [0, 0.1) is 5.82 Å². The summed E-state index contributed by atoms with van der Waals surface area (Å²) in [5.74, 6) is 0.362. The molecular formula is C17H22FN5O3S. The monoisotopic (exact) mass is 395 g/mol. The molecule has 0 amide bonds. The molecule has 1 aliphatic heterocycles. The van der Waals surface area contributed by atoms with Crippen LogP contribution in [0.3, 0.4) is 0 Å². The van der Waals surface area contributed by atoms with Crippen molar-refractivity contribution in [1.82, 2.24) is 15.2 Å². The highest BCUT2D eigenvalue weighted by Gasteiger charge is 2.55. The van der Waals surface area contributed by atoms with Crippen LogP contribution in [0.15, 0.2) is 18.3 Å². The van der Waals surface area contributed by atoms with Crippen LogP contribution in [-0.4, -0.2) is 55.7 Å². The van der Waals surface area contributed by atoms with Crippen molar-refractivity contribution in [3.63, 3.8) is 0 Å². The molecule has 10 heteroatoms. The fraction of sp³-hybridized carbons (Fsp3) is 0.529. The molecule has 2 aliphatic rings. The van der Waals surface area contributed by atoms with Gasteiger partial charge in [0.05, 0.1) is 25.5 Å². The van der Waals surface area contributed by atoms with E-state index in [1.54, 1.807) is 12.1 Å². The molecule has 27 heavy (non-hydrogen) atoms. The van der Waals surface area contributed by atoms with Crippen LogP contribution in [0.4, 0.5) is 21.8 Å². The average molecular weight is 395 g/mol. The summed E-state index contributed by atoms with van der Waals surface area (Å²) in [7, 11) is -3.47. The van der Waals surface area contributed by atoms with Crippen LogP contribution in [0.5, 0.6) is 0 Å². The Morgan fingerprint density at radius 3 is 2.81 bits per heavy atom. The van der Waals surface area contributed by atoms with Gasteiger partial charge in [0.1, 0.15) is 16.4 Å². The van der Waals surface area contributed by atoms with E-state index >= 15 is 4.39 Å². The number of pyridine rings is 1. The summed E-state index contributed by atoms with van der Waals surface area (Å²) in [5.41, 5.74) is 0.177. The van der Waals surface area contributed by atoms with E-state index in [4.69, 9.17) is 4.74 Å². The SMILES string of the molecule is CC1COCCN1c1cc(C2(S(C)(=O)=O)CC2)c(F)c(Nc2ccn[nH]2)n1. The number of aromatic nitrogens is 3. The Balaban J connectivity index is 1.83. The molecule has 2 aromatic heterocycles. The van der Waals surface area contributed by atoms with Crippen molar-refractivity contribution < 1.29 is 17.5 Å². The zero-order valence-electron chi connectivity index (χ0n) is 15.2. The van der Waals surface area contributed by atoms with Gasteiger partial charge in [-0.1, -0.05) is 0 Å². The summed E-state index contributed by atoms with van der Waals surface area (Å²) in [6.45, 7) is 3.68. The van der Waals surface area contributed by atoms with Gasteiger partial charge in [-0.05, 0) is 25.8 Å². The molecule has 1 saturated carbocycles. The van der Waals surface area contributed by atoms with Crippen LogP contribution in [0.2, 0.25) is 0 Å². The molecule has 1 atom stereocenters. The number of H-pyrrole nitrogens is 1. The molecule has 8 nitrogen and oxygen atoms in total. The fourth-order valence-corrected chi connectivity index (χ4v) is 4.94. The Kier molecular flexibility index (Phi) is 4.34. The number of morpholine rings is 1. The molecule has 0 spiro atoms. The lowest BCUT2D eigenvalue weighted by atomic mass is 10.1. The molecule has 1 unspecified atom stereocenters.